The SMILES string of the molecule is COCCOc1cc(C2(NC(=O)c3cc(OC[C@@H]4CCN4C)ccc3C)CC2)c2cccnc2c1. The maximum Gasteiger partial charge on any atom is 0.252 e. The summed E-state index contributed by atoms with van der Waals surface area (Å²) < 4.78 is 17.1. The number of nitrogens with zero attached hydrogens (tertiary/aromatic N) is 2. The van der Waals surface area contributed by atoms with Gasteiger partial charge in [0.05, 0.1) is 17.7 Å². The Morgan fingerprint density at radius 3 is 2.71 bits per heavy atom. The second-order valence-electron chi connectivity index (χ2n) is 9.63. The molecule has 7 heteroatoms. The van der Waals surface area contributed by atoms with Crippen LogP contribution in [0.3, 0.4) is 0 Å². The predicted molar refractivity (Wildman–Crippen MR) is 135 cm³/mol. The number of nitrogens with one attached hydrogen (secondary N) is 1. The lowest BCUT2D eigenvalue weighted by Crippen LogP contribution is -2.48. The number of hydrogen-bond donors (Lipinski definition) is 1. The molecule has 0 unspecified atom stereocenters. The van der Waals surface area contributed by atoms with Gasteiger partial charge in [-0.25, -0.2) is 0 Å². The first-order valence-corrected chi connectivity index (χ1v) is 12.3. The number of ether oxygens (including phenoxy) is 3. The van der Waals surface area contributed by atoms with E-state index in [1.54, 1.807) is 13.3 Å². The topological polar surface area (TPSA) is 72.9 Å². The third kappa shape index (κ3) is 4.97. The van der Waals surface area contributed by atoms with Crippen molar-refractivity contribution in [2.45, 2.75) is 37.8 Å². The Kier molecular flexibility index (Phi) is 6.62. The number of carbonyl (C=O) groups is 1. The van der Waals surface area contributed by atoms with Crippen molar-refractivity contribution in [2.24, 2.45) is 0 Å². The number of likely N-dealkylation sites (tertiary alicyclic amines) is 1. The van der Waals surface area contributed by atoms with Gasteiger partial charge in [0.25, 0.3) is 5.91 Å². The molecule has 1 saturated carbocycles. The lowest BCUT2D eigenvalue weighted by Gasteiger charge is -2.37. The molecule has 1 aromatic heterocycles. The maximum absolute atomic E-state index is 13.5. The van der Waals surface area contributed by atoms with Crippen molar-refractivity contribution in [3.8, 4) is 11.5 Å². The highest BCUT2D eigenvalue weighted by molar-refractivity contribution is 5.97. The zero-order chi connectivity index (χ0) is 24.4. The molecule has 2 aliphatic rings. The van der Waals surface area contributed by atoms with Gasteiger partial charge in [-0.1, -0.05) is 12.1 Å². The summed E-state index contributed by atoms with van der Waals surface area (Å²) in [5.74, 6) is 1.37. The fourth-order valence-electron chi connectivity index (χ4n) is 4.66. The molecule has 1 aliphatic heterocycles. The van der Waals surface area contributed by atoms with E-state index in [2.05, 4.69) is 28.3 Å². The lowest BCUT2D eigenvalue weighted by atomic mass is 9.97. The molecule has 1 amide bonds. The van der Waals surface area contributed by atoms with Crippen molar-refractivity contribution >= 4 is 16.8 Å². The quantitative estimate of drug-likeness (QED) is 0.446. The number of rotatable bonds is 10. The molecule has 0 spiro atoms. The van der Waals surface area contributed by atoms with E-state index in [1.165, 1.54) is 0 Å². The van der Waals surface area contributed by atoms with Gasteiger partial charge in [-0.05, 0) is 75.2 Å². The smallest absolute Gasteiger partial charge is 0.252 e. The van der Waals surface area contributed by atoms with Crippen LogP contribution in [0.25, 0.3) is 10.9 Å². The van der Waals surface area contributed by atoms with E-state index < -0.39 is 5.54 Å². The Bertz CT molecular complexity index is 1220. The summed E-state index contributed by atoms with van der Waals surface area (Å²) in [6, 6.07) is 14.2. The lowest BCUT2D eigenvalue weighted by molar-refractivity contribution is 0.0767. The van der Waals surface area contributed by atoms with Gasteiger partial charge in [0.1, 0.15) is 24.7 Å². The van der Waals surface area contributed by atoms with Crippen LogP contribution in [0.4, 0.5) is 0 Å². The highest BCUT2D eigenvalue weighted by Gasteiger charge is 2.47. The van der Waals surface area contributed by atoms with Crippen molar-refractivity contribution < 1.29 is 19.0 Å². The van der Waals surface area contributed by atoms with Crippen molar-refractivity contribution in [2.75, 3.05) is 40.5 Å². The molecule has 0 bridgehead atoms. The van der Waals surface area contributed by atoms with Crippen molar-refractivity contribution in [3.05, 3.63) is 65.4 Å². The third-order valence-corrected chi connectivity index (χ3v) is 7.20. The first-order valence-electron chi connectivity index (χ1n) is 12.3. The number of amides is 1. The van der Waals surface area contributed by atoms with Gasteiger partial charge in [0.15, 0.2) is 0 Å². The van der Waals surface area contributed by atoms with Crippen molar-refractivity contribution in [1.29, 1.82) is 0 Å². The molecule has 1 atom stereocenters. The average Bonchev–Trinajstić information content (AvgIpc) is 3.64. The van der Waals surface area contributed by atoms with Crippen LogP contribution in [-0.4, -0.2) is 62.4 Å². The van der Waals surface area contributed by atoms with Crippen LogP contribution in [0.2, 0.25) is 0 Å². The number of hydrogen-bond acceptors (Lipinski definition) is 6. The molecule has 1 aliphatic carbocycles. The molecule has 3 aromatic rings. The Labute approximate surface area is 206 Å². The molecule has 2 heterocycles. The largest absolute Gasteiger partial charge is 0.492 e. The molecule has 0 radical (unpaired) electrons. The molecule has 35 heavy (non-hydrogen) atoms. The van der Waals surface area contributed by atoms with Gasteiger partial charge in [-0.15, -0.1) is 0 Å². The summed E-state index contributed by atoms with van der Waals surface area (Å²) in [6.07, 6.45) is 4.66. The van der Waals surface area contributed by atoms with Gasteiger partial charge < -0.3 is 19.5 Å². The number of methoxy groups -OCH3 is 1. The second kappa shape index (κ2) is 9.84. The highest BCUT2D eigenvalue weighted by atomic mass is 16.5. The molecule has 7 nitrogen and oxygen atoms in total. The van der Waals surface area contributed by atoms with Crippen LogP contribution in [0.15, 0.2) is 48.7 Å². The number of fused-ring (bicyclic) bond motifs is 1. The number of pyridine rings is 1. The van der Waals surface area contributed by atoms with Gasteiger partial charge in [0.2, 0.25) is 0 Å². The van der Waals surface area contributed by atoms with Crippen LogP contribution in [-0.2, 0) is 10.3 Å². The summed E-state index contributed by atoms with van der Waals surface area (Å²) in [5, 5.41) is 4.37. The Morgan fingerprint density at radius 2 is 2.00 bits per heavy atom. The van der Waals surface area contributed by atoms with Gasteiger partial charge in [-0.2, -0.15) is 0 Å². The highest BCUT2D eigenvalue weighted by Crippen LogP contribution is 2.49. The zero-order valence-electron chi connectivity index (χ0n) is 20.7. The molecule has 2 aromatic carbocycles. The second-order valence-corrected chi connectivity index (χ2v) is 9.63. The number of likely N-dealkylation sites (N-methyl/N-ethyl adjacent to an activating group) is 1. The standard InChI is InChI=1S/C28H33N3O4/c1-19-6-7-21(35-18-20-8-12-31(20)2)15-24(19)27(32)30-28(9-10-28)25-16-22(34-14-13-33-3)17-26-23(25)5-4-11-29-26/h4-7,11,15-17,20H,8-10,12-14,18H2,1-3H3,(H,30,32)/t20-/m0/s1. The molecule has 1 N–H and O–H groups in total. The summed E-state index contributed by atoms with van der Waals surface area (Å²) in [5.41, 5.74) is 3.03. The molecule has 1 saturated heterocycles. The minimum Gasteiger partial charge on any atom is -0.492 e. The van der Waals surface area contributed by atoms with Crippen molar-refractivity contribution in [1.82, 2.24) is 15.2 Å². The fourth-order valence-corrected chi connectivity index (χ4v) is 4.66. The van der Waals surface area contributed by atoms with Gasteiger partial charge in [-0.3, -0.25) is 14.7 Å². The molecule has 184 valence electrons. The van der Waals surface area contributed by atoms with Crippen LogP contribution in [0, 0.1) is 6.92 Å². The number of benzene rings is 2. The minimum atomic E-state index is -0.434. The summed E-state index contributed by atoms with van der Waals surface area (Å²) >= 11 is 0. The van der Waals surface area contributed by atoms with E-state index in [-0.39, 0.29) is 5.91 Å². The first kappa shape index (κ1) is 23.6. The Balaban J connectivity index is 1.37. The number of aryl methyl sites for hydroxylation is 1. The van der Waals surface area contributed by atoms with E-state index in [0.717, 1.165) is 59.3 Å². The zero-order valence-corrected chi connectivity index (χ0v) is 20.7. The summed E-state index contributed by atoms with van der Waals surface area (Å²) in [6.45, 7) is 4.67. The van der Waals surface area contributed by atoms with E-state index >= 15 is 0 Å². The molecule has 5 rings (SSSR count). The van der Waals surface area contributed by atoms with Gasteiger partial charge >= 0.3 is 0 Å². The van der Waals surface area contributed by atoms with Crippen LogP contribution >= 0.6 is 0 Å². The fraction of sp³-hybridized carbons (Fsp3) is 0.429. The normalized spacial score (nSPS) is 18.7. The third-order valence-electron chi connectivity index (χ3n) is 7.20. The van der Waals surface area contributed by atoms with E-state index in [0.29, 0.717) is 31.4 Å². The molecular weight excluding hydrogens is 442 g/mol. The van der Waals surface area contributed by atoms with Crippen LogP contribution < -0.4 is 14.8 Å². The average molecular weight is 476 g/mol. The monoisotopic (exact) mass is 475 g/mol. The Hall–Kier alpha value is -3.16. The number of aromatic nitrogens is 1. The maximum atomic E-state index is 13.5. The van der Waals surface area contributed by atoms with E-state index in [9.17, 15) is 4.79 Å². The van der Waals surface area contributed by atoms with E-state index in [4.69, 9.17) is 14.2 Å². The Morgan fingerprint density at radius 1 is 1.14 bits per heavy atom. The molecule has 2 fully saturated rings. The summed E-state index contributed by atoms with van der Waals surface area (Å²) in [4.78, 5) is 20.3. The summed E-state index contributed by atoms with van der Waals surface area (Å²) in [7, 11) is 3.76. The van der Waals surface area contributed by atoms with Gasteiger partial charge in [0, 0.05) is 36.4 Å². The van der Waals surface area contributed by atoms with Crippen LogP contribution in [0.5, 0.6) is 11.5 Å². The molecular formula is C28H33N3O4. The van der Waals surface area contributed by atoms with E-state index in [1.807, 2.05) is 43.3 Å². The van der Waals surface area contributed by atoms with Crippen molar-refractivity contribution in [3.63, 3.8) is 0 Å². The number of carbonyl (C=O) groups excluding carboxylic acids is 1. The van der Waals surface area contributed by atoms with Crippen LogP contribution in [0.1, 0.15) is 40.7 Å². The first-order chi connectivity index (χ1) is 17.0. The predicted octanol–water partition coefficient (Wildman–Crippen LogP) is 4.07. The minimum absolute atomic E-state index is 0.0889.